The summed E-state index contributed by atoms with van der Waals surface area (Å²) >= 11 is 12.7. The SMILES string of the molecule is Cc1cc2[cH-]c3cc(C)c(C(C)(C)C)cc3c2cc1C(C)(C)C.Clc1ccc([C](=[Hf+2])c2ccc(Cl)cc2)cc1.[C-]1=CC=CC1.[Cl-].[Cl-]. The van der Waals surface area contributed by atoms with E-state index in [9.17, 15) is 0 Å². The minimum Gasteiger partial charge on any atom is -1.00 e. The molecule has 0 saturated carbocycles. The summed E-state index contributed by atoms with van der Waals surface area (Å²) in [6.07, 6.45) is 10.0. The maximum atomic E-state index is 5.87. The van der Waals surface area contributed by atoms with Crippen LogP contribution in [0.25, 0.3) is 21.5 Å². The third-order valence-electron chi connectivity index (χ3n) is 7.86. The second-order valence-corrected chi connectivity index (χ2v) is 16.2. The standard InChI is InChI=1S/C23H29.C13H8Cl2.C5H5.2ClH.Hf/c1-14-9-16-11-17-10-15(2)21(23(6,7)8)13-19(17)18(16)12-20(14)22(3,4)5;14-12-5-1-10(2-6-12)9-11-3-7-13(15)8-4-11;1-2-4-5-3-1;;;/h9-13H,1-8H3;1-8H;1-3H,4H2;2*1H;/q-1;;-1;;;+2/p-2. The molecule has 0 bridgehead atoms. The van der Waals surface area contributed by atoms with Gasteiger partial charge in [0, 0.05) is 0 Å². The minimum atomic E-state index is 0. The Morgan fingerprint density at radius 1 is 0.674 bits per heavy atom. The molecule has 6 rings (SSSR count). The van der Waals surface area contributed by atoms with Gasteiger partial charge in [-0.1, -0.05) is 75.9 Å². The van der Waals surface area contributed by atoms with Crippen molar-refractivity contribution in [1.82, 2.24) is 0 Å². The third-order valence-corrected chi connectivity index (χ3v) is 10.4. The maximum Gasteiger partial charge on any atom is -0.109 e. The van der Waals surface area contributed by atoms with Crippen molar-refractivity contribution in [3.05, 3.63) is 147 Å². The number of aryl methyl sites for hydroxylation is 2. The van der Waals surface area contributed by atoms with Crippen molar-refractivity contribution < 1.29 is 48.7 Å². The Morgan fingerprint density at radius 3 is 1.35 bits per heavy atom. The number of benzene rings is 4. The van der Waals surface area contributed by atoms with E-state index in [0.717, 1.165) is 40.4 Å². The normalized spacial score (nSPS) is 12.1. The van der Waals surface area contributed by atoms with Gasteiger partial charge in [-0.15, -0.1) is 46.2 Å². The van der Waals surface area contributed by atoms with Crippen LogP contribution in [-0.4, -0.2) is 3.26 Å². The van der Waals surface area contributed by atoms with E-state index in [-0.39, 0.29) is 35.6 Å². The molecule has 5 heteroatoms. The van der Waals surface area contributed by atoms with Crippen LogP contribution in [0.1, 0.15) is 81.3 Å². The number of allylic oxidation sites excluding steroid dienone is 4. The van der Waals surface area contributed by atoms with Crippen molar-refractivity contribution in [1.29, 1.82) is 0 Å². The molecule has 5 aromatic carbocycles. The van der Waals surface area contributed by atoms with Crippen molar-refractivity contribution >= 4 is 48.0 Å². The first-order chi connectivity index (χ1) is 20.6. The van der Waals surface area contributed by atoms with E-state index in [4.69, 9.17) is 23.2 Å². The molecule has 0 spiro atoms. The molecule has 0 radical (unpaired) electrons. The molecule has 5 aromatic rings. The third kappa shape index (κ3) is 10.3. The van der Waals surface area contributed by atoms with Crippen molar-refractivity contribution in [3.8, 4) is 0 Å². The molecular formula is C41H42Cl4Hf-2. The predicted octanol–water partition coefficient (Wildman–Crippen LogP) is 6.35. The van der Waals surface area contributed by atoms with Gasteiger partial charge in [0.15, 0.2) is 0 Å². The number of rotatable bonds is 2. The van der Waals surface area contributed by atoms with Crippen LogP contribution in [-0.2, 0) is 34.7 Å². The molecule has 0 unspecified atom stereocenters. The first-order valence-electron chi connectivity index (χ1n) is 15.1. The Morgan fingerprint density at radius 2 is 1.07 bits per heavy atom. The molecule has 0 N–H and O–H groups in total. The molecule has 0 heterocycles. The molecule has 0 aromatic heterocycles. The van der Waals surface area contributed by atoms with Gasteiger partial charge in [0.1, 0.15) is 0 Å². The smallest absolute Gasteiger partial charge is 0.109 e. The summed E-state index contributed by atoms with van der Waals surface area (Å²) in [6.45, 7) is 18.3. The van der Waals surface area contributed by atoms with Crippen molar-refractivity contribution in [2.45, 2.75) is 72.6 Å². The van der Waals surface area contributed by atoms with E-state index >= 15 is 0 Å². The molecule has 0 saturated heterocycles. The fourth-order valence-electron chi connectivity index (χ4n) is 5.69. The molecule has 46 heavy (non-hydrogen) atoms. The van der Waals surface area contributed by atoms with Crippen LogP contribution in [0.3, 0.4) is 0 Å². The number of fused-ring (bicyclic) bond motifs is 3. The van der Waals surface area contributed by atoms with Gasteiger partial charge >= 0.3 is 120 Å². The molecule has 0 atom stereocenters. The van der Waals surface area contributed by atoms with Gasteiger partial charge in [0.25, 0.3) is 0 Å². The molecule has 1 aliphatic carbocycles. The van der Waals surface area contributed by atoms with Gasteiger partial charge < -0.3 is 24.8 Å². The van der Waals surface area contributed by atoms with Gasteiger partial charge in [-0.25, -0.2) is 12.2 Å². The monoisotopic (exact) mass is 854 g/mol. The van der Waals surface area contributed by atoms with Crippen LogP contribution in [0.4, 0.5) is 0 Å². The van der Waals surface area contributed by atoms with Crippen molar-refractivity contribution in [3.63, 3.8) is 0 Å². The summed E-state index contributed by atoms with van der Waals surface area (Å²) in [7, 11) is 0. The van der Waals surface area contributed by atoms with E-state index in [0.29, 0.717) is 0 Å². The summed E-state index contributed by atoms with van der Waals surface area (Å²) in [5.74, 6) is 0. The quantitative estimate of drug-likeness (QED) is 0.144. The zero-order valence-electron chi connectivity index (χ0n) is 28.0. The Bertz CT molecular complexity index is 1690. The molecule has 0 aliphatic heterocycles. The Kier molecular flexibility index (Phi) is 14.9. The minimum absolute atomic E-state index is 0. The Balaban J connectivity index is 0.000000278. The molecule has 0 amide bonds. The van der Waals surface area contributed by atoms with E-state index in [1.165, 1.54) is 58.2 Å². The van der Waals surface area contributed by atoms with Crippen LogP contribution in [0.15, 0.2) is 97.1 Å². The number of halogens is 4. The Hall–Kier alpha value is -1.87. The molecule has 0 fully saturated rings. The van der Waals surface area contributed by atoms with Crippen LogP contribution >= 0.6 is 23.2 Å². The molecular weight excluding hydrogens is 813 g/mol. The molecule has 1 aliphatic rings. The van der Waals surface area contributed by atoms with Gasteiger partial charge in [0.2, 0.25) is 0 Å². The second-order valence-electron chi connectivity index (χ2n) is 13.5. The van der Waals surface area contributed by atoms with Crippen molar-refractivity contribution in [2.75, 3.05) is 0 Å². The zero-order chi connectivity index (χ0) is 32.2. The van der Waals surface area contributed by atoms with Crippen LogP contribution in [0.2, 0.25) is 10.0 Å². The Labute approximate surface area is 313 Å². The van der Waals surface area contributed by atoms with E-state index in [1.54, 1.807) is 0 Å². The first kappa shape index (κ1) is 40.3. The largest absolute Gasteiger partial charge is 1.00 e. The summed E-state index contributed by atoms with van der Waals surface area (Å²) in [5.41, 5.74) is 8.53. The van der Waals surface area contributed by atoms with E-state index in [2.05, 4.69) is 122 Å². The van der Waals surface area contributed by atoms with Crippen molar-refractivity contribution in [2.24, 2.45) is 0 Å². The number of hydrogen-bond acceptors (Lipinski definition) is 0. The van der Waals surface area contributed by atoms with Gasteiger partial charge in [-0.3, -0.25) is 6.08 Å². The molecule has 0 nitrogen and oxygen atoms in total. The molecule has 240 valence electrons. The summed E-state index contributed by atoms with van der Waals surface area (Å²) in [5, 5.41) is 7.10. The fraction of sp³-hybridized carbons (Fsp3) is 0.268. The fourth-order valence-corrected chi connectivity index (χ4v) is 7.14. The second kappa shape index (κ2) is 17.0. The number of hydrogen-bond donors (Lipinski definition) is 0. The van der Waals surface area contributed by atoms with E-state index in [1.807, 2.05) is 36.4 Å². The topological polar surface area (TPSA) is 0 Å². The van der Waals surface area contributed by atoms with Gasteiger partial charge in [-0.05, 0) is 24.7 Å². The average molecular weight is 855 g/mol. The maximum absolute atomic E-state index is 5.87. The van der Waals surface area contributed by atoms with Gasteiger partial charge in [-0.2, -0.15) is 6.08 Å². The van der Waals surface area contributed by atoms with Crippen LogP contribution < -0.4 is 24.8 Å². The summed E-state index contributed by atoms with van der Waals surface area (Å²) in [4.78, 5) is 0. The predicted molar refractivity (Wildman–Crippen MR) is 192 cm³/mol. The zero-order valence-corrected chi connectivity index (χ0v) is 34.6. The van der Waals surface area contributed by atoms with Crippen LogP contribution in [0.5, 0.6) is 0 Å². The van der Waals surface area contributed by atoms with Gasteiger partial charge in [0.05, 0.1) is 0 Å². The van der Waals surface area contributed by atoms with Crippen LogP contribution in [0, 0.1) is 19.9 Å². The summed E-state index contributed by atoms with van der Waals surface area (Å²) < 4.78 is 1.35. The first-order valence-corrected chi connectivity index (χ1v) is 17.7. The summed E-state index contributed by atoms with van der Waals surface area (Å²) in [6, 6.07) is 27.8. The average Bonchev–Trinajstić information content (AvgIpc) is 3.63. The van der Waals surface area contributed by atoms with E-state index < -0.39 is 0 Å².